The van der Waals surface area contributed by atoms with Crippen LogP contribution >= 0.6 is 11.6 Å². The summed E-state index contributed by atoms with van der Waals surface area (Å²) in [6.45, 7) is 8.71. The fraction of sp³-hybridized carbons (Fsp3) is 0.300. The SMILES string of the molecule is CCC(C(=O)N(CC(C)C)C(C)c1nc2ccccc2c(=O)n1-c1cccc(Cl)c1)c1ccccc1. The van der Waals surface area contributed by atoms with Gasteiger partial charge in [0.2, 0.25) is 5.91 Å². The van der Waals surface area contributed by atoms with Gasteiger partial charge in [0.25, 0.3) is 5.56 Å². The molecule has 1 heterocycles. The summed E-state index contributed by atoms with van der Waals surface area (Å²) in [5.41, 5.74) is 2.04. The molecule has 0 fully saturated rings. The number of nitrogens with zero attached hydrogens (tertiary/aromatic N) is 3. The molecule has 0 aliphatic heterocycles. The summed E-state index contributed by atoms with van der Waals surface area (Å²) in [6, 6.07) is 23.9. The zero-order valence-electron chi connectivity index (χ0n) is 21.2. The van der Waals surface area contributed by atoms with Crippen LogP contribution < -0.4 is 5.56 Å². The van der Waals surface area contributed by atoms with Gasteiger partial charge in [-0.1, -0.05) is 80.9 Å². The molecular weight excluding hydrogens is 470 g/mol. The Hall–Kier alpha value is -3.44. The largest absolute Gasteiger partial charge is 0.332 e. The second-order valence-corrected chi connectivity index (χ2v) is 9.98. The van der Waals surface area contributed by atoms with Crippen molar-refractivity contribution in [3.63, 3.8) is 0 Å². The van der Waals surface area contributed by atoms with Crippen molar-refractivity contribution in [3.8, 4) is 5.69 Å². The Balaban J connectivity index is 1.89. The summed E-state index contributed by atoms with van der Waals surface area (Å²) in [6.07, 6.45) is 0.677. The average molecular weight is 502 g/mol. The molecular formula is C30H32ClN3O2. The van der Waals surface area contributed by atoms with Gasteiger partial charge in [-0.25, -0.2) is 4.98 Å². The van der Waals surface area contributed by atoms with Gasteiger partial charge in [0.15, 0.2) is 0 Å². The molecule has 186 valence electrons. The van der Waals surface area contributed by atoms with Crippen LogP contribution in [0, 0.1) is 5.92 Å². The highest BCUT2D eigenvalue weighted by molar-refractivity contribution is 6.30. The van der Waals surface area contributed by atoms with Crippen LogP contribution in [-0.2, 0) is 4.79 Å². The van der Waals surface area contributed by atoms with Crippen LogP contribution in [0.15, 0.2) is 83.7 Å². The minimum absolute atomic E-state index is 0.0324. The van der Waals surface area contributed by atoms with Gasteiger partial charge >= 0.3 is 0 Å². The van der Waals surface area contributed by atoms with Gasteiger partial charge in [-0.2, -0.15) is 0 Å². The molecule has 0 spiro atoms. The molecule has 2 unspecified atom stereocenters. The third kappa shape index (κ3) is 5.21. The molecule has 4 rings (SSSR count). The maximum Gasteiger partial charge on any atom is 0.266 e. The normalized spacial score (nSPS) is 13.1. The predicted octanol–water partition coefficient (Wildman–Crippen LogP) is 6.78. The summed E-state index contributed by atoms with van der Waals surface area (Å²) in [4.78, 5) is 34.6. The highest BCUT2D eigenvalue weighted by atomic mass is 35.5. The summed E-state index contributed by atoms with van der Waals surface area (Å²) in [7, 11) is 0. The first-order valence-electron chi connectivity index (χ1n) is 12.4. The average Bonchev–Trinajstić information content (AvgIpc) is 2.87. The quantitative estimate of drug-likeness (QED) is 0.267. The molecule has 6 heteroatoms. The Kier molecular flexibility index (Phi) is 7.90. The Morgan fingerprint density at radius 1 is 0.972 bits per heavy atom. The number of carbonyl (C=O) groups excluding carboxylic acids is 1. The van der Waals surface area contributed by atoms with E-state index in [4.69, 9.17) is 16.6 Å². The van der Waals surface area contributed by atoms with Crippen molar-refractivity contribution in [2.75, 3.05) is 6.54 Å². The van der Waals surface area contributed by atoms with Crippen LogP contribution in [0.3, 0.4) is 0 Å². The van der Waals surface area contributed by atoms with Crippen molar-refractivity contribution < 1.29 is 4.79 Å². The number of carbonyl (C=O) groups is 1. The Bertz CT molecular complexity index is 1410. The molecule has 1 amide bonds. The number of fused-ring (bicyclic) bond motifs is 1. The first-order chi connectivity index (χ1) is 17.3. The van der Waals surface area contributed by atoms with Crippen LogP contribution in [-0.4, -0.2) is 26.9 Å². The number of hydrogen-bond acceptors (Lipinski definition) is 3. The highest BCUT2D eigenvalue weighted by Crippen LogP contribution is 2.30. The molecule has 1 aromatic heterocycles. The monoisotopic (exact) mass is 501 g/mol. The molecule has 4 aromatic rings. The van der Waals surface area contributed by atoms with E-state index < -0.39 is 6.04 Å². The van der Waals surface area contributed by atoms with Crippen molar-refractivity contribution in [1.82, 2.24) is 14.5 Å². The van der Waals surface area contributed by atoms with E-state index in [2.05, 4.69) is 13.8 Å². The first kappa shape index (κ1) is 25.6. The molecule has 0 bridgehead atoms. The lowest BCUT2D eigenvalue weighted by Crippen LogP contribution is -2.41. The summed E-state index contributed by atoms with van der Waals surface area (Å²) >= 11 is 6.31. The van der Waals surface area contributed by atoms with E-state index in [1.54, 1.807) is 22.8 Å². The van der Waals surface area contributed by atoms with Crippen molar-refractivity contribution in [1.29, 1.82) is 0 Å². The number of halogens is 1. The molecule has 0 saturated carbocycles. The van der Waals surface area contributed by atoms with E-state index in [0.29, 0.717) is 40.4 Å². The van der Waals surface area contributed by atoms with Gasteiger partial charge in [-0.15, -0.1) is 0 Å². The molecule has 36 heavy (non-hydrogen) atoms. The predicted molar refractivity (Wildman–Crippen MR) is 147 cm³/mol. The Labute approximate surface area is 217 Å². The number of hydrogen-bond donors (Lipinski definition) is 0. The zero-order chi connectivity index (χ0) is 25.8. The third-order valence-corrected chi connectivity index (χ3v) is 6.70. The highest BCUT2D eigenvalue weighted by Gasteiger charge is 2.31. The molecule has 5 nitrogen and oxygen atoms in total. The van der Waals surface area contributed by atoms with E-state index in [1.807, 2.05) is 79.4 Å². The number of rotatable bonds is 8. The zero-order valence-corrected chi connectivity index (χ0v) is 21.9. The summed E-state index contributed by atoms with van der Waals surface area (Å²) in [5, 5.41) is 1.04. The fourth-order valence-electron chi connectivity index (χ4n) is 4.71. The Morgan fingerprint density at radius 3 is 2.33 bits per heavy atom. The standard InChI is InChI=1S/C30H32ClN3O2/c1-5-25(22-12-7-6-8-13-22)29(35)33(19-20(2)3)21(4)28-32-27-17-10-9-16-26(27)30(36)34(28)24-15-11-14-23(31)18-24/h6-18,20-21,25H,5,19H2,1-4H3. The summed E-state index contributed by atoms with van der Waals surface area (Å²) in [5.74, 6) is 0.499. The number of benzene rings is 3. The van der Waals surface area contributed by atoms with Crippen LogP contribution in [0.1, 0.15) is 57.5 Å². The van der Waals surface area contributed by atoms with Crippen molar-refractivity contribution >= 4 is 28.4 Å². The summed E-state index contributed by atoms with van der Waals surface area (Å²) < 4.78 is 1.60. The van der Waals surface area contributed by atoms with Crippen LogP contribution in [0.2, 0.25) is 5.02 Å². The van der Waals surface area contributed by atoms with E-state index >= 15 is 0 Å². The van der Waals surface area contributed by atoms with Crippen molar-refractivity contribution in [3.05, 3.63) is 106 Å². The first-order valence-corrected chi connectivity index (χ1v) is 12.8. The number of amides is 1. The molecule has 0 aliphatic rings. The van der Waals surface area contributed by atoms with Gasteiger partial charge in [-0.05, 0) is 55.2 Å². The maximum atomic E-state index is 14.1. The molecule has 0 radical (unpaired) electrons. The van der Waals surface area contributed by atoms with Crippen molar-refractivity contribution in [2.45, 2.75) is 46.1 Å². The van der Waals surface area contributed by atoms with E-state index in [1.165, 1.54) is 0 Å². The number of para-hydroxylation sites is 1. The second kappa shape index (κ2) is 11.1. The second-order valence-electron chi connectivity index (χ2n) is 9.54. The van der Waals surface area contributed by atoms with Crippen LogP contribution in [0.4, 0.5) is 0 Å². The lowest BCUT2D eigenvalue weighted by molar-refractivity contribution is -0.136. The Morgan fingerprint density at radius 2 is 1.67 bits per heavy atom. The van der Waals surface area contributed by atoms with Crippen LogP contribution in [0.5, 0.6) is 0 Å². The maximum absolute atomic E-state index is 14.1. The van der Waals surface area contributed by atoms with Gasteiger partial charge in [-0.3, -0.25) is 14.2 Å². The minimum Gasteiger partial charge on any atom is -0.332 e. The minimum atomic E-state index is -0.450. The van der Waals surface area contributed by atoms with E-state index in [9.17, 15) is 9.59 Å². The van der Waals surface area contributed by atoms with Crippen molar-refractivity contribution in [2.24, 2.45) is 5.92 Å². The van der Waals surface area contributed by atoms with Gasteiger partial charge in [0.05, 0.1) is 28.6 Å². The molecule has 0 saturated heterocycles. The third-order valence-electron chi connectivity index (χ3n) is 6.46. The van der Waals surface area contributed by atoms with E-state index in [-0.39, 0.29) is 23.3 Å². The lowest BCUT2D eigenvalue weighted by Gasteiger charge is -2.34. The smallest absolute Gasteiger partial charge is 0.266 e. The topological polar surface area (TPSA) is 55.2 Å². The fourth-order valence-corrected chi connectivity index (χ4v) is 4.89. The van der Waals surface area contributed by atoms with Gasteiger partial charge in [0, 0.05) is 11.6 Å². The van der Waals surface area contributed by atoms with Gasteiger partial charge < -0.3 is 4.90 Å². The van der Waals surface area contributed by atoms with Crippen LogP contribution in [0.25, 0.3) is 16.6 Å². The number of aromatic nitrogens is 2. The molecule has 2 atom stereocenters. The lowest BCUT2D eigenvalue weighted by atomic mass is 9.94. The molecule has 0 aliphatic carbocycles. The van der Waals surface area contributed by atoms with Gasteiger partial charge in [0.1, 0.15) is 5.82 Å². The molecule has 3 aromatic carbocycles. The van der Waals surface area contributed by atoms with E-state index in [0.717, 1.165) is 5.56 Å². The molecule has 0 N–H and O–H groups in total.